The van der Waals surface area contributed by atoms with Crippen LogP contribution >= 0.6 is 0 Å². The van der Waals surface area contributed by atoms with Gasteiger partial charge in [0.05, 0.1) is 4.90 Å². The summed E-state index contributed by atoms with van der Waals surface area (Å²) in [5.74, 6) is -0.0101. The topological polar surface area (TPSA) is 66.5 Å². The maximum Gasteiger partial charge on any atom is 0.243 e. The predicted octanol–water partition coefficient (Wildman–Crippen LogP) is 4.05. The minimum atomic E-state index is -3.53. The Morgan fingerprint density at radius 1 is 1.00 bits per heavy atom. The molecule has 6 heteroatoms. The van der Waals surface area contributed by atoms with Crippen molar-refractivity contribution < 1.29 is 13.2 Å². The summed E-state index contributed by atoms with van der Waals surface area (Å²) in [5.41, 5.74) is 2.84. The predicted molar refractivity (Wildman–Crippen MR) is 120 cm³/mol. The van der Waals surface area contributed by atoms with E-state index in [1.54, 1.807) is 12.1 Å². The number of aryl methyl sites for hydroxylation is 2. The molecular weight excluding hydrogens is 396 g/mol. The largest absolute Gasteiger partial charge is 0.352 e. The molecule has 1 N–H and O–H groups in total. The number of amides is 1. The fourth-order valence-electron chi connectivity index (χ4n) is 3.81. The summed E-state index contributed by atoms with van der Waals surface area (Å²) in [7, 11) is -3.53. The highest BCUT2D eigenvalue weighted by atomic mass is 32.2. The van der Waals surface area contributed by atoms with E-state index in [1.165, 1.54) is 9.87 Å². The first-order valence-corrected chi connectivity index (χ1v) is 12.1. The minimum absolute atomic E-state index is 0.0101. The van der Waals surface area contributed by atoms with Crippen molar-refractivity contribution in [3.8, 4) is 0 Å². The van der Waals surface area contributed by atoms with E-state index in [4.69, 9.17) is 0 Å². The van der Waals surface area contributed by atoms with Gasteiger partial charge in [-0.25, -0.2) is 8.42 Å². The summed E-state index contributed by atoms with van der Waals surface area (Å²) in [6.07, 6.45) is 3.00. The fraction of sp³-hybridized carbons (Fsp3) is 0.458. The van der Waals surface area contributed by atoms with Crippen LogP contribution in [0.5, 0.6) is 0 Å². The van der Waals surface area contributed by atoms with Gasteiger partial charge in [-0.1, -0.05) is 62.2 Å². The van der Waals surface area contributed by atoms with Crippen LogP contribution in [-0.4, -0.2) is 31.7 Å². The number of nitrogens with zero attached hydrogens (tertiary/aromatic N) is 1. The van der Waals surface area contributed by atoms with Crippen LogP contribution in [0.4, 0.5) is 0 Å². The molecular formula is C24H32N2O3S. The van der Waals surface area contributed by atoms with Crippen molar-refractivity contribution in [1.82, 2.24) is 9.62 Å². The van der Waals surface area contributed by atoms with Gasteiger partial charge in [0.15, 0.2) is 0 Å². The molecule has 0 atom stereocenters. The van der Waals surface area contributed by atoms with Gasteiger partial charge in [0.2, 0.25) is 15.9 Å². The Hall–Kier alpha value is -2.18. The number of rotatable bonds is 7. The molecule has 1 aliphatic heterocycles. The Morgan fingerprint density at radius 3 is 2.13 bits per heavy atom. The lowest BCUT2D eigenvalue weighted by Gasteiger charge is -2.37. The third kappa shape index (κ3) is 5.10. The number of carbonyl (C=O) groups excluding carboxylic acids is 1. The van der Waals surface area contributed by atoms with Crippen LogP contribution in [0.15, 0.2) is 53.4 Å². The lowest BCUT2D eigenvalue weighted by molar-refractivity contribution is -0.132. The van der Waals surface area contributed by atoms with Crippen molar-refractivity contribution in [3.63, 3.8) is 0 Å². The normalized spacial score (nSPS) is 16.9. The molecule has 1 aliphatic rings. The third-order valence-electron chi connectivity index (χ3n) is 6.05. The lowest BCUT2D eigenvalue weighted by atomic mass is 9.80. The fourth-order valence-corrected chi connectivity index (χ4v) is 5.26. The van der Waals surface area contributed by atoms with E-state index in [-0.39, 0.29) is 5.91 Å². The second-order valence-corrected chi connectivity index (χ2v) is 10.5. The molecule has 0 radical (unpaired) electrons. The van der Waals surface area contributed by atoms with Crippen molar-refractivity contribution in [3.05, 3.63) is 65.2 Å². The van der Waals surface area contributed by atoms with Gasteiger partial charge in [0.1, 0.15) is 0 Å². The molecule has 1 fully saturated rings. The number of piperidine rings is 1. The number of hydrogen-bond donors (Lipinski definition) is 1. The molecule has 162 valence electrons. The third-order valence-corrected chi connectivity index (χ3v) is 7.96. The molecule has 0 unspecified atom stereocenters. The van der Waals surface area contributed by atoms with Gasteiger partial charge in [0.25, 0.3) is 0 Å². The molecule has 0 bridgehead atoms. The van der Waals surface area contributed by atoms with Crippen LogP contribution in [0.2, 0.25) is 0 Å². The van der Waals surface area contributed by atoms with Crippen molar-refractivity contribution in [2.24, 2.45) is 5.41 Å². The minimum Gasteiger partial charge on any atom is -0.352 e. The highest BCUT2D eigenvalue weighted by molar-refractivity contribution is 7.89. The van der Waals surface area contributed by atoms with Gasteiger partial charge in [-0.3, -0.25) is 4.79 Å². The molecule has 0 spiro atoms. The van der Waals surface area contributed by atoms with Gasteiger partial charge in [-0.15, -0.1) is 0 Å². The monoisotopic (exact) mass is 428 g/mol. The van der Waals surface area contributed by atoms with E-state index in [0.717, 1.165) is 24.0 Å². The summed E-state index contributed by atoms with van der Waals surface area (Å²) >= 11 is 0. The summed E-state index contributed by atoms with van der Waals surface area (Å²) in [4.78, 5) is 13.1. The first-order valence-electron chi connectivity index (χ1n) is 10.7. The summed E-state index contributed by atoms with van der Waals surface area (Å²) in [5, 5.41) is 3.03. The van der Waals surface area contributed by atoms with Crippen molar-refractivity contribution in [2.75, 3.05) is 13.1 Å². The van der Waals surface area contributed by atoms with Crippen LogP contribution in [0.3, 0.4) is 0 Å². The van der Waals surface area contributed by atoms with Gasteiger partial charge in [0, 0.05) is 25.0 Å². The molecule has 1 amide bonds. The summed E-state index contributed by atoms with van der Waals surface area (Å²) in [6.45, 7) is 7.26. The van der Waals surface area contributed by atoms with Crippen molar-refractivity contribution in [1.29, 1.82) is 0 Å². The molecule has 0 saturated carbocycles. The Morgan fingerprint density at radius 2 is 1.57 bits per heavy atom. The van der Waals surface area contributed by atoms with Crippen LogP contribution in [0.1, 0.15) is 49.8 Å². The van der Waals surface area contributed by atoms with E-state index in [2.05, 4.69) is 12.2 Å². The Balaban J connectivity index is 1.59. The van der Waals surface area contributed by atoms with E-state index in [9.17, 15) is 13.2 Å². The molecule has 1 saturated heterocycles. The van der Waals surface area contributed by atoms with Gasteiger partial charge < -0.3 is 5.32 Å². The highest BCUT2D eigenvalue weighted by Crippen LogP contribution is 2.33. The Labute approximate surface area is 180 Å². The molecule has 1 heterocycles. The molecule has 3 rings (SSSR count). The van der Waals surface area contributed by atoms with Crippen LogP contribution in [-0.2, 0) is 27.8 Å². The number of hydrogen-bond acceptors (Lipinski definition) is 3. The van der Waals surface area contributed by atoms with E-state index < -0.39 is 15.4 Å². The zero-order valence-electron chi connectivity index (χ0n) is 18.1. The van der Waals surface area contributed by atoms with Gasteiger partial charge >= 0.3 is 0 Å². The smallest absolute Gasteiger partial charge is 0.243 e. The maximum absolute atomic E-state index is 13.0. The number of sulfonamides is 1. The second kappa shape index (κ2) is 9.31. The van der Waals surface area contributed by atoms with E-state index in [0.29, 0.717) is 37.4 Å². The van der Waals surface area contributed by atoms with Gasteiger partial charge in [-0.2, -0.15) is 4.31 Å². The molecule has 0 aliphatic carbocycles. The number of nitrogens with one attached hydrogen (secondary N) is 1. The lowest BCUT2D eigenvalue weighted by Crippen LogP contribution is -2.48. The standard InChI is InChI=1S/C24H32N2O3S/c1-4-5-20-10-12-22(13-11-20)30(28,29)26-16-14-24(3,15-17-26)23(27)25-18-21-8-6-19(2)7-9-21/h6-13H,4-5,14-18H2,1-3H3,(H,25,27). The highest BCUT2D eigenvalue weighted by Gasteiger charge is 2.40. The zero-order chi connectivity index (χ0) is 21.8. The molecule has 2 aromatic rings. The SMILES string of the molecule is CCCc1ccc(S(=O)(=O)N2CCC(C)(C(=O)NCc3ccc(C)cc3)CC2)cc1. The van der Waals surface area contributed by atoms with Crippen LogP contribution in [0.25, 0.3) is 0 Å². The van der Waals surface area contributed by atoms with Crippen LogP contribution < -0.4 is 5.32 Å². The maximum atomic E-state index is 13.0. The Kier molecular flexibility index (Phi) is 6.98. The molecule has 30 heavy (non-hydrogen) atoms. The average Bonchev–Trinajstić information content (AvgIpc) is 2.74. The number of carbonyl (C=O) groups is 1. The molecule has 0 aromatic heterocycles. The molecule has 2 aromatic carbocycles. The van der Waals surface area contributed by atoms with Crippen molar-refractivity contribution in [2.45, 2.75) is 57.9 Å². The second-order valence-electron chi connectivity index (χ2n) is 8.53. The number of benzene rings is 2. The first kappa shape index (κ1) is 22.5. The van der Waals surface area contributed by atoms with Gasteiger partial charge in [-0.05, 0) is 49.4 Å². The summed E-state index contributed by atoms with van der Waals surface area (Å²) < 4.78 is 27.5. The van der Waals surface area contributed by atoms with Crippen molar-refractivity contribution >= 4 is 15.9 Å². The average molecular weight is 429 g/mol. The summed E-state index contributed by atoms with van der Waals surface area (Å²) in [6, 6.07) is 15.3. The Bertz CT molecular complexity index is 959. The zero-order valence-corrected chi connectivity index (χ0v) is 19.0. The first-order chi connectivity index (χ1) is 14.2. The molecule has 5 nitrogen and oxygen atoms in total. The van der Waals surface area contributed by atoms with Crippen LogP contribution in [0, 0.1) is 12.3 Å². The quantitative estimate of drug-likeness (QED) is 0.723. The van der Waals surface area contributed by atoms with E-state index in [1.807, 2.05) is 50.2 Å². The van der Waals surface area contributed by atoms with E-state index >= 15 is 0 Å².